The second kappa shape index (κ2) is 9.60. The van der Waals surface area contributed by atoms with Gasteiger partial charge in [0, 0.05) is 23.7 Å². The normalized spacial score (nSPS) is 18.9. The smallest absolute Gasteiger partial charge is 0.224 e. The lowest BCUT2D eigenvalue weighted by atomic mass is 9.71. The van der Waals surface area contributed by atoms with Crippen molar-refractivity contribution in [3.63, 3.8) is 0 Å². The number of amidine groups is 1. The molecule has 0 aromatic heterocycles. The zero-order chi connectivity index (χ0) is 20.1. The molecule has 1 saturated carbocycles. The minimum absolute atomic E-state index is 0.0424. The fraction of sp³-hybridized carbons (Fsp3) is 0.250. The molecule has 2 aromatic carbocycles. The van der Waals surface area contributed by atoms with Crippen molar-refractivity contribution < 1.29 is 14.0 Å². The number of ketones is 1. The van der Waals surface area contributed by atoms with Crippen molar-refractivity contribution in [3.05, 3.63) is 58.8 Å². The Morgan fingerprint density at radius 3 is 2.46 bits per heavy atom. The summed E-state index contributed by atoms with van der Waals surface area (Å²) >= 11 is 4.90. The van der Waals surface area contributed by atoms with Gasteiger partial charge in [0.2, 0.25) is 11.7 Å². The van der Waals surface area contributed by atoms with Gasteiger partial charge in [-0.2, -0.15) is 3.21 Å². The van der Waals surface area contributed by atoms with E-state index in [9.17, 15) is 14.0 Å². The van der Waals surface area contributed by atoms with Crippen LogP contribution in [0.3, 0.4) is 0 Å². The van der Waals surface area contributed by atoms with Crippen LogP contribution in [0.4, 0.5) is 15.8 Å². The zero-order valence-corrected chi connectivity index (χ0v) is 18.5. The van der Waals surface area contributed by atoms with Crippen molar-refractivity contribution in [2.75, 3.05) is 10.6 Å². The number of benzene rings is 2. The molecule has 1 aliphatic rings. The molecule has 0 saturated heterocycles. The van der Waals surface area contributed by atoms with E-state index in [1.54, 1.807) is 35.0 Å². The highest BCUT2D eigenvalue weighted by Gasteiger charge is 2.37. The molecule has 0 bridgehead atoms. The molecule has 2 aromatic rings. The lowest BCUT2D eigenvalue weighted by molar-refractivity contribution is -0.123. The van der Waals surface area contributed by atoms with Gasteiger partial charge in [-0.3, -0.25) is 9.59 Å². The molecular formula is C20H18BrFIN3O2. The summed E-state index contributed by atoms with van der Waals surface area (Å²) in [4.78, 5) is 24.8. The number of Topliss-reactive ketones (excluding diaryl/α,β-unsaturated/α-hetero) is 1. The number of hydrogen-bond donors (Lipinski definition) is 2. The average Bonchev–Trinajstić information content (AvgIpc) is 2.65. The van der Waals surface area contributed by atoms with Gasteiger partial charge in [0.1, 0.15) is 5.82 Å². The fourth-order valence-electron chi connectivity index (χ4n) is 3.14. The Kier molecular flexibility index (Phi) is 7.17. The largest absolute Gasteiger partial charge is 0.337 e. The average molecular weight is 558 g/mol. The molecule has 0 spiro atoms. The highest BCUT2D eigenvalue weighted by Crippen LogP contribution is 2.37. The first-order valence-electron chi connectivity index (χ1n) is 8.76. The molecule has 28 heavy (non-hydrogen) atoms. The fourth-order valence-corrected chi connectivity index (χ4v) is 3.88. The van der Waals surface area contributed by atoms with E-state index >= 15 is 0 Å². The van der Waals surface area contributed by atoms with Gasteiger partial charge in [0.25, 0.3) is 0 Å². The second-order valence-corrected chi connectivity index (χ2v) is 8.04. The quantitative estimate of drug-likeness (QED) is 0.285. The Bertz CT molecular complexity index is 902. The molecule has 1 fully saturated rings. The predicted octanol–water partition coefficient (Wildman–Crippen LogP) is 5.37. The molecule has 2 N–H and O–H groups in total. The van der Waals surface area contributed by atoms with Gasteiger partial charge in [-0.25, -0.2) is 4.39 Å². The molecular weight excluding hydrogens is 540 g/mol. The first-order valence-corrected chi connectivity index (χ1v) is 10.5. The Balaban J connectivity index is 1.49. The molecule has 1 aliphatic carbocycles. The Morgan fingerprint density at radius 2 is 1.82 bits per heavy atom. The van der Waals surface area contributed by atoms with Crippen LogP contribution in [0.2, 0.25) is 0 Å². The van der Waals surface area contributed by atoms with Crippen molar-refractivity contribution in [3.8, 4) is 0 Å². The van der Waals surface area contributed by atoms with Crippen LogP contribution in [-0.2, 0) is 9.59 Å². The lowest BCUT2D eigenvalue weighted by Gasteiger charge is -2.34. The minimum Gasteiger partial charge on any atom is -0.337 e. The van der Waals surface area contributed by atoms with Crippen LogP contribution in [-0.4, -0.2) is 17.5 Å². The van der Waals surface area contributed by atoms with Gasteiger partial charge >= 0.3 is 0 Å². The molecule has 0 aliphatic heterocycles. The maximum absolute atomic E-state index is 13.3. The van der Waals surface area contributed by atoms with Gasteiger partial charge in [-0.15, -0.1) is 0 Å². The van der Waals surface area contributed by atoms with Crippen LogP contribution in [0, 0.1) is 17.7 Å². The van der Waals surface area contributed by atoms with Gasteiger partial charge in [-0.1, -0.05) is 18.2 Å². The van der Waals surface area contributed by atoms with E-state index in [1.165, 1.54) is 6.07 Å². The van der Waals surface area contributed by atoms with E-state index in [2.05, 4.69) is 29.8 Å². The third-order valence-electron chi connectivity index (χ3n) is 4.64. The van der Waals surface area contributed by atoms with Crippen molar-refractivity contribution in [2.24, 2.45) is 15.0 Å². The molecule has 0 atom stereocenters. The molecule has 0 heterocycles. The van der Waals surface area contributed by atoms with E-state index in [0.29, 0.717) is 29.4 Å². The molecule has 5 nitrogen and oxygen atoms in total. The van der Waals surface area contributed by atoms with Crippen molar-refractivity contribution >= 4 is 67.7 Å². The Labute approximate surface area is 184 Å². The summed E-state index contributed by atoms with van der Waals surface area (Å²) in [7, 11) is 0. The standard InChI is InChI=1S/C20H18BrFIN3O2/c21-16-11-15(6-7-17(16)22)25-20(26-23)19(28)13-8-12(9-13)10-18(27)24-14-4-2-1-3-5-14/h1-7,11-13H,8-10H2,(H,24,27)(H,25,26). The van der Waals surface area contributed by atoms with Gasteiger partial charge in [0.05, 0.1) is 27.3 Å². The first-order chi connectivity index (χ1) is 13.5. The van der Waals surface area contributed by atoms with Crippen LogP contribution in [0.5, 0.6) is 0 Å². The monoisotopic (exact) mass is 557 g/mol. The molecule has 0 radical (unpaired) electrons. The van der Waals surface area contributed by atoms with Crippen molar-refractivity contribution in [1.29, 1.82) is 0 Å². The Hall–Kier alpha value is -1.81. The van der Waals surface area contributed by atoms with E-state index in [4.69, 9.17) is 0 Å². The van der Waals surface area contributed by atoms with Crippen molar-refractivity contribution in [2.45, 2.75) is 19.3 Å². The maximum Gasteiger partial charge on any atom is 0.224 e. The van der Waals surface area contributed by atoms with E-state index in [-0.39, 0.29) is 35.2 Å². The van der Waals surface area contributed by atoms with Gasteiger partial charge in [-0.05, 0) is 65.0 Å². The lowest BCUT2D eigenvalue weighted by Crippen LogP contribution is -2.38. The third kappa shape index (κ3) is 5.38. The summed E-state index contributed by atoms with van der Waals surface area (Å²) < 4.78 is 17.7. The third-order valence-corrected chi connectivity index (χ3v) is 5.73. The van der Waals surface area contributed by atoms with E-state index in [1.807, 2.05) is 30.3 Å². The molecule has 146 valence electrons. The molecule has 0 unspecified atom stereocenters. The van der Waals surface area contributed by atoms with Crippen LogP contribution >= 0.6 is 38.8 Å². The SMILES string of the molecule is O=C(CC1CC(C(=O)/C(=N/I)Nc2ccc(F)c(Br)c2)C1)Nc1ccccc1. The highest BCUT2D eigenvalue weighted by molar-refractivity contribution is 14.1. The van der Waals surface area contributed by atoms with Gasteiger partial charge < -0.3 is 10.6 Å². The number of anilines is 2. The molecule has 8 heteroatoms. The summed E-state index contributed by atoms with van der Waals surface area (Å²) in [5.41, 5.74) is 1.35. The number of para-hydroxylation sites is 1. The summed E-state index contributed by atoms with van der Waals surface area (Å²) in [6.45, 7) is 0. The van der Waals surface area contributed by atoms with E-state index in [0.717, 1.165) is 5.69 Å². The second-order valence-electron chi connectivity index (χ2n) is 6.70. The molecule has 3 rings (SSSR count). The van der Waals surface area contributed by atoms with Crippen LogP contribution in [0.25, 0.3) is 0 Å². The number of halogens is 3. The summed E-state index contributed by atoms with van der Waals surface area (Å²) in [6.07, 6.45) is 1.71. The maximum atomic E-state index is 13.3. The number of carbonyl (C=O) groups is 2. The number of nitrogens with one attached hydrogen (secondary N) is 2. The summed E-state index contributed by atoms with van der Waals surface area (Å²) in [5, 5.41) is 5.82. The van der Waals surface area contributed by atoms with Crippen LogP contribution < -0.4 is 10.6 Å². The minimum atomic E-state index is -0.375. The highest BCUT2D eigenvalue weighted by atomic mass is 127. The summed E-state index contributed by atoms with van der Waals surface area (Å²) in [5.74, 6) is -0.238. The summed E-state index contributed by atoms with van der Waals surface area (Å²) in [6, 6.07) is 13.7. The number of amides is 1. The zero-order valence-electron chi connectivity index (χ0n) is 14.8. The van der Waals surface area contributed by atoms with E-state index < -0.39 is 0 Å². The number of rotatable bonds is 6. The first kappa shape index (κ1) is 20.9. The molecule has 1 amide bonds. The predicted molar refractivity (Wildman–Crippen MR) is 120 cm³/mol. The number of hydrogen-bond acceptors (Lipinski definition) is 3. The topological polar surface area (TPSA) is 70.6 Å². The van der Waals surface area contributed by atoms with Crippen LogP contribution in [0.15, 0.2) is 56.2 Å². The van der Waals surface area contributed by atoms with Crippen LogP contribution in [0.1, 0.15) is 19.3 Å². The number of carbonyl (C=O) groups excluding carboxylic acids is 2. The van der Waals surface area contributed by atoms with Crippen molar-refractivity contribution in [1.82, 2.24) is 0 Å². The Morgan fingerprint density at radius 1 is 1.11 bits per heavy atom. The van der Waals surface area contributed by atoms with Gasteiger partial charge in [0.15, 0.2) is 5.84 Å². The number of nitrogens with zero attached hydrogens (tertiary/aromatic N) is 1.